The van der Waals surface area contributed by atoms with Crippen LogP contribution in [0.2, 0.25) is 0 Å². The van der Waals surface area contributed by atoms with Gasteiger partial charge in [0.2, 0.25) is 0 Å². The standard InChI is InChI=1S/C15H23NOS/c1-13-5-7-15(8-6-13)18-11-10-16-9-3-2-4-14(16)12-17/h5-8,14,17H,2-4,9-12H2,1H3. The van der Waals surface area contributed by atoms with E-state index in [0.717, 1.165) is 25.3 Å². The first kappa shape index (κ1) is 13.9. The van der Waals surface area contributed by atoms with E-state index >= 15 is 0 Å². The van der Waals surface area contributed by atoms with Crippen molar-refractivity contribution in [2.45, 2.75) is 37.1 Å². The molecule has 0 saturated carbocycles. The number of aliphatic hydroxyl groups excluding tert-OH is 1. The molecule has 1 unspecified atom stereocenters. The summed E-state index contributed by atoms with van der Waals surface area (Å²) in [6, 6.07) is 9.12. The van der Waals surface area contributed by atoms with Gasteiger partial charge in [0, 0.05) is 23.2 Å². The van der Waals surface area contributed by atoms with E-state index in [2.05, 4.69) is 36.1 Å². The maximum absolute atomic E-state index is 9.36. The Morgan fingerprint density at radius 2 is 2.06 bits per heavy atom. The lowest BCUT2D eigenvalue weighted by Crippen LogP contribution is -2.42. The van der Waals surface area contributed by atoms with Crippen molar-refractivity contribution in [2.24, 2.45) is 0 Å². The van der Waals surface area contributed by atoms with Crippen LogP contribution in [0.5, 0.6) is 0 Å². The van der Waals surface area contributed by atoms with Crippen LogP contribution in [-0.4, -0.2) is 41.5 Å². The third-order valence-electron chi connectivity index (χ3n) is 3.63. The zero-order valence-electron chi connectivity index (χ0n) is 11.1. The van der Waals surface area contributed by atoms with E-state index in [4.69, 9.17) is 0 Å². The second kappa shape index (κ2) is 7.17. The molecule has 3 heteroatoms. The molecule has 1 heterocycles. The van der Waals surface area contributed by atoms with Crippen molar-refractivity contribution in [3.8, 4) is 0 Å². The number of piperidine rings is 1. The van der Waals surface area contributed by atoms with Crippen LogP contribution >= 0.6 is 11.8 Å². The molecule has 0 amide bonds. The molecule has 1 aromatic rings. The number of nitrogens with zero attached hydrogens (tertiary/aromatic N) is 1. The first-order valence-electron chi connectivity index (χ1n) is 6.84. The van der Waals surface area contributed by atoms with E-state index < -0.39 is 0 Å². The molecule has 100 valence electrons. The molecule has 1 aliphatic rings. The third kappa shape index (κ3) is 4.01. The molecule has 0 aliphatic carbocycles. The average Bonchev–Trinajstić information content (AvgIpc) is 2.41. The number of likely N-dealkylation sites (tertiary alicyclic amines) is 1. The lowest BCUT2D eigenvalue weighted by molar-refractivity contribution is 0.0962. The lowest BCUT2D eigenvalue weighted by Gasteiger charge is -2.34. The van der Waals surface area contributed by atoms with Crippen LogP contribution in [-0.2, 0) is 0 Å². The van der Waals surface area contributed by atoms with Gasteiger partial charge in [-0.25, -0.2) is 0 Å². The Balaban J connectivity index is 1.75. The number of aryl methyl sites for hydroxylation is 1. The van der Waals surface area contributed by atoms with Crippen molar-refractivity contribution >= 4 is 11.8 Å². The van der Waals surface area contributed by atoms with Crippen molar-refractivity contribution < 1.29 is 5.11 Å². The van der Waals surface area contributed by atoms with Crippen molar-refractivity contribution in [3.63, 3.8) is 0 Å². The third-order valence-corrected chi connectivity index (χ3v) is 4.62. The molecule has 1 aliphatic heterocycles. The van der Waals surface area contributed by atoms with Gasteiger partial charge < -0.3 is 5.11 Å². The second-order valence-corrected chi connectivity index (χ2v) is 6.20. The van der Waals surface area contributed by atoms with E-state index in [1.807, 2.05) is 11.8 Å². The maximum atomic E-state index is 9.36. The number of hydrogen-bond donors (Lipinski definition) is 1. The second-order valence-electron chi connectivity index (χ2n) is 5.03. The molecule has 1 fully saturated rings. The summed E-state index contributed by atoms with van der Waals surface area (Å²) < 4.78 is 0. The Morgan fingerprint density at radius 1 is 1.28 bits per heavy atom. The summed E-state index contributed by atoms with van der Waals surface area (Å²) in [5.74, 6) is 1.11. The Morgan fingerprint density at radius 3 is 2.78 bits per heavy atom. The van der Waals surface area contributed by atoms with Crippen molar-refractivity contribution in [1.29, 1.82) is 0 Å². The minimum atomic E-state index is 0.315. The largest absolute Gasteiger partial charge is 0.395 e. The van der Waals surface area contributed by atoms with Crippen LogP contribution < -0.4 is 0 Å². The highest BCUT2D eigenvalue weighted by molar-refractivity contribution is 7.99. The Bertz CT molecular complexity index is 352. The zero-order valence-corrected chi connectivity index (χ0v) is 12.0. The van der Waals surface area contributed by atoms with Crippen LogP contribution in [0.15, 0.2) is 29.2 Å². The number of thioether (sulfide) groups is 1. The van der Waals surface area contributed by atoms with Crippen molar-refractivity contribution in [2.75, 3.05) is 25.4 Å². The minimum Gasteiger partial charge on any atom is -0.395 e. The van der Waals surface area contributed by atoms with Crippen LogP contribution in [0.3, 0.4) is 0 Å². The van der Waals surface area contributed by atoms with E-state index in [-0.39, 0.29) is 0 Å². The number of rotatable bonds is 5. The SMILES string of the molecule is Cc1ccc(SCCN2CCCCC2CO)cc1. The van der Waals surface area contributed by atoms with Gasteiger partial charge in [-0.15, -0.1) is 11.8 Å². The highest BCUT2D eigenvalue weighted by atomic mass is 32.2. The fraction of sp³-hybridized carbons (Fsp3) is 0.600. The van der Waals surface area contributed by atoms with Crippen LogP contribution in [0.1, 0.15) is 24.8 Å². The lowest BCUT2D eigenvalue weighted by atomic mass is 10.0. The van der Waals surface area contributed by atoms with Crippen LogP contribution in [0, 0.1) is 6.92 Å². The monoisotopic (exact) mass is 265 g/mol. The molecule has 1 atom stereocenters. The highest BCUT2D eigenvalue weighted by Gasteiger charge is 2.20. The van der Waals surface area contributed by atoms with Crippen molar-refractivity contribution in [3.05, 3.63) is 29.8 Å². The topological polar surface area (TPSA) is 23.5 Å². The summed E-state index contributed by atoms with van der Waals surface area (Å²) in [7, 11) is 0. The van der Waals surface area contributed by atoms with E-state index in [1.165, 1.54) is 23.3 Å². The summed E-state index contributed by atoms with van der Waals surface area (Å²) in [6.07, 6.45) is 3.71. The summed E-state index contributed by atoms with van der Waals surface area (Å²) in [6.45, 7) is 4.67. The van der Waals surface area contributed by atoms with Gasteiger partial charge in [0.25, 0.3) is 0 Å². The Labute approximate surface area is 114 Å². The summed E-state index contributed by atoms with van der Waals surface area (Å²) in [5.41, 5.74) is 1.32. The molecule has 1 N–H and O–H groups in total. The van der Waals surface area contributed by atoms with Gasteiger partial charge in [-0.05, 0) is 38.4 Å². The molecule has 18 heavy (non-hydrogen) atoms. The molecule has 0 aromatic heterocycles. The first-order chi connectivity index (χ1) is 8.79. The summed E-state index contributed by atoms with van der Waals surface area (Å²) in [4.78, 5) is 3.79. The molecule has 2 rings (SSSR count). The molecule has 0 bridgehead atoms. The van der Waals surface area contributed by atoms with Crippen molar-refractivity contribution in [1.82, 2.24) is 4.90 Å². The van der Waals surface area contributed by atoms with Gasteiger partial charge in [0.1, 0.15) is 0 Å². The quantitative estimate of drug-likeness (QED) is 0.828. The molecule has 1 aromatic carbocycles. The van der Waals surface area contributed by atoms with Gasteiger partial charge >= 0.3 is 0 Å². The average molecular weight is 265 g/mol. The van der Waals surface area contributed by atoms with E-state index in [0.29, 0.717) is 12.6 Å². The maximum Gasteiger partial charge on any atom is 0.0586 e. The first-order valence-corrected chi connectivity index (χ1v) is 7.82. The van der Waals surface area contributed by atoms with Crippen LogP contribution in [0.4, 0.5) is 0 Å². The number of aliphatic hydroxyl groups is 1. The highest BCUT2D eigenvalue weighted by Crippen LogP contribution is 2.21. The minimum absolute atomic E-state index is 0.315. The van der Waals surface area contributed by atoms with Crippen LogP contribution in [0.25, 0.3) is 0 Å². The molecule has 0 radical (unpaired) electrons. The van der Waals surface area contributed by atoms with Gasteiger partial charge in [0.05, 0.1) is 6.61 Å². The number of hydrogen-bond acceptors (Lipinski definition) is 3. The van der Waals surface area contributed by atoms with Gasteiger partial charge in [-0.3, -0.25) is 4.90 Å². The zero-order chi connectivity index (χ0) is 12.8. The molecule has 2 nitrogen and oxygen atoms in total. The fourth-order valence-electron chi connectivity index (χ4n) is 2.48. The normalized spacial score (nSPS) is 21.1. The molecular formula is C15H23NOS. The summed E-state index contributed by atoms with van der Waals surface area (Å²) >= 11 is 1.91. The predicted molar refractivity (Wildman–Crippen MR) is 78.2 cm³/mol. The predicted octanol–water partition coefficient (Wildman–Crippen LogP) is 2.93. The molecular weight excluding hydrogens is 242 g/mol. The van der Waals surface area contributed by atoms with E-state index in [1.54, 1.807) is 0 Å². The Kier molecular flexibility index (Phi) is 5.54. The van der Waals surface area contributed by atoms with Gasteiger partial charge in [0.15, 0.2) is 0 Å². The van der Waals surface area contributed by atoms with E-state index in [9.17, 15) is 5.11 Å². The fourth-order valence-corrected chi connectivity index (χ4v) is 3.37. The number of benzene rings is 1. The Hall–Kier alpha value is -0.510. The van der Waals surface area contributed by atoms with Gasteiger partial charge in [-0.1, -0.05) is 24.1 Å². The molecule has 1 saturated heterocycles. The van der Waals surface area contributed by atoms with Gasteiger partial charge in [-0.2, -0.15) is 0 Å². The summed E-state index contributed by atoms with van der Waals surface area (Å²) in [5, 5.41) is 9.36. The smallest absolute Gasteiger partial charge is 0.0586 e. The molecule has 0 spiro atoms.